The van der Waals surface area contributed by atoms with Gasteiger partial charge in [0.15, 0.2) is 0 Å². The summed E-state index contributed by atoms with van der Waals surface area (Å²) >= 11 is 0. The molecule has 0 aromatic carbocycles. The van der Waals surface area contributed by atoms with Crippen LogP contribution in [0.5, 0.6) is 0 Å². The molecule has 2 rings (SSSR count). The first-order valence-corrected chi connectivity index (χ1v) is 6.19. The topological polar surface area (TPSA) is 52.9 Å². The van der Waals surface area contributed by atoms with E-state index in [9.17, 15) is 4.79 Å². The molecule has 0 aromatic heterocycles. The van der Waals surface area contributed by atoms with E-state index >= 15 is 0 Å². The maximum absolute atomic E-state index is 12.0. The van der Waals surface area contributed by atoms with Crippen molar-refractivity contribution < 1.29 is 10.0 Å². The van der Waals surface area contributed by atoms with E-state index in [4.69, 9.17) is 5.21 Å². The summed E-state index contributed by atoms with van der Waals surface area (Å²) in [6.45, 7) is 3.44. The van der Waals surface area contributed by atoms with Gasteiger partial charge in [-0.2, -0.15) is 0 Å². The lowest BCUT2D eigenvalue weighted by atomic mass is 9.82. The highest BCUT2D eigenvalue weighted by molar-refractivity contribution is 5.89. The SMILES string of the molecule is CC1CN(C(=O)CC2CCC2)CCC1=NO. The van der Waals surface area contributed by atoms with Crippen molar-refractivity contribution in [2.75, 3.05) is 13.1 Å². The summed E-state index contributed by atoms with van der Waals surface area (Å²) in [5, 5.41) is 12.1. The summed E-state index contributed by atoms with van der Waals surface area (Å²) in [7, 11) is 0. The molecule has 16 heavy (non-hydrogen) atoms. The molecule has 1 saturated heterocycles. The predicted octanol–water partition coefficient (Wildman–Crippen LogP) is 1.88. The first-order chi connectivity index (χ1) is 7.70. The normalized spacial score (nSPS) is 29.2. The average molecular weight is 224 g/mol. The average Bonchev–Trinajstić information content (AvgIpc) is 2.23. The second kappa shape index (κ2) is 4.85. The van der Waals surface area contributed by atoms with Crippen LogP contribution in [0.1, 0.15) is 39.0 Å². The molecule has 2 aliphatic rings. The maximum Gasteiger partial charge on any atom is 0.222 e. The molecule has 90 valence electrons. The molecule has 1 unspecified atom stereocenters. The number of amides is 1. The molecule has 1 N–H and O–H groups in total. The van der Waals surface area contributed by atoms with Crippen molar-refractivity contribution in [3.8, 4) is 0 Å². The third kappa shape index (κ3) is 2.36. The van der Waals surface area contributed by atoms with E-state index in [-0.39, 0.29) is 11.8 Å². The van der Waals surface area contributed by atoms with Gasteiger partial charge in [0.2, 0.25) is 5.91 Å². The molecule has 0 spiro atoms. The molecular weight excluding hydrogens is 204 g/mol. The minimum Gasteiger partial charge on any atom is -0.411 e. The molecule has 1 heterocycles. The van der Waals surface area contributed by atoms with Crippen molar-refractivity contribution in [1.29, 1.82) is 0 Å². The molecule has 2 fully saturated rings. The Labute approximate surface area is 96.3 Å². The Kier molecular flexibility index (Phi) is 3.46. The number of rotatable bonds is 2. The highest BCUT2D eigenvalue weighted by atomic mass is 16.4. The molecule has 4 nitrogen and oxygen atoms in total. The Hall–Kier alpha value is -1.06. The van der Waals surface area contributed by atoms with Crippen LogP contribution in [-0.2, 0) is 4.79 Å². The molecule has 0 bridgehead atoms. The first-order valence-electron chi connectivity index (χ1n) is 6.19. The summed E-state index contributed by atoms with van der Waals surface area (Å²) < 4.78 is 0. The smallest absolute Gasteiger partial charge is 0.222 e. The molecule has 1 saturated carbocycles. The van der Waals surface area contributed by atoms with Crippen molar-refractivity contribution in [2.24, 2.45) is 17.0 Å². The first kappa shape index (κ1) is 11.4. The van der Waals surface area contributed by atoms with E-state index in [2.05, 4.69) is 5.16 Å². The van der Waals surface area contributed by atoms with Crippen molar-refractivity contribution in [3.63, 3.8) is 0 Å². The standard InChI is InChI=1S/C12H20N2O2/c1-9-8-14(6-5-11(9)13-16)12(15)7-10-3-2-4-10/h9-10,16H,2-8H2,1H3. The second-order valence-electron chi connectivity index (χ2n) is 5.08. The van der Waals surface area contributed by atoms with Gasteiger partial charge in [-0.05, 0) is 18.8 Å². The van der Waals surface area contributed by atoms with Crippen molar-refractivity contribution >= 4 is 11.6 Å². The van der Waals surface area contributed by atoms with Gasteiger partial charge < -0.3 is 10.1 Å². The van der Waals surface area contributed by atoms with Crippen molar-refractivity contribution in [3.05, 3.63) is 0 Å². The van der Waals surface area contributed by atoms with E-state index in [0.29, 0.717) is 18.9 Å². The summed E-state index contributed by atoms with van der Waals surface area (Å²) in [4.78, 5) is 13.9. The number of carbonyl (C=O) groups is 1. The third-order valence-corrected chi connectivity index (χ3v) is 3.87. The van der Waals surface area contributed by atoms with E-state index in [1.165, 1.54) is 19.3 Å². The Morgan fingerprint density at radius 3 is 2.81 bits per heavy atom. The van der Waals surface area contributed by atoms with Gasteiger partial charge in [-0.15, -0.1) is 0 Å². The molecule has 4 heteroatoms. The van der Waals surface area contributed by atoms with E-state index in [1.54, 1.807) is 0 Å². The maximum atomic E-state index is 12.0. The van der Waals surface area contributed by atoms with Gasteiger partial charge in [0, 0.05) is 31.8 Å². The fourth-order valence-electron chi connectivity index (χ4n) is 2.47. The Morgan fingerprint density at radius 2 is 2.31 bits per heavy atom. The zero-order valence-electron chi connectivity index (χ0n) is 9.85. The van der Waals surface area contributed by atoms with Crippen LogP contribution in [0.4, 0.5) is 0 Å². The highest BCUT2D eigenvalue weighted by Gasteiger charge is 2.28. The van der Waals surface area contributed by atoms with Crippen LogP contribution in [-0.4, -0.2) is 34.8 Å². The lowest BCUT2D eigenvalue weighted by molar-refractivity contribution is -0.133. The predicted molar refractivity (Wildman–Crippen MR) is 61.5 cm³/mol. The summed E-state index contributed by atoms with van der Waals surface area (Å²) in [5.41, 5.74) is 0.827. The Morgan fingerprint density at radius 1 is 1.56 bits per heavy atom. The van der Waals surface area contributed by atoms with Crippen molar-refractivity contribution in [1.82, 2.24) is 4.90 Å². The molecule has 1 aliphatic heterocycles. The lowest BCUT2D eigenvalue weighted by Gasteiger charge is -2.34. The molecule has 0 aromatic rings. The Balaban J connectivity index is 1.84. The van der Waals surface area contributed by atoms with Crippen LogP contribution >= 0.6 is 0 Å². The number of hydrogen-bond donors (Lipinski definition) is 1. The van der Waals surface area contributed by atoms with Crippen LogP contribution in [0.25, 0.3) is 0 Å². The summed E-state index contributed by atoms with van der Waals surface area (Å²) in [5.74, 6) is 1.12. The minimum atomic E-state index is 0.198. The highest BCUT2D eigenvalue weighted by Crippen LogP contribution is 2.30. The molecule has 1 aliphatic carbocycles. The number of likely N-dealkylation sites (tertiary alicyclic amines) is 1. The van der Waals surface area contributed by atoms with Crippen LogP contribution in [0.15, 0.2) is 5.16 Å². The number of oxime groups is 1. The number of carbonyl (C=O) groups excluding carboxylic acids is 1. The second-order valence-corrected chi connectivity index (χ2v) is 5.08. The lowest BCUT2D eigenvalue weighted by Crippen LogP contribution is -2.44. The van der Waals surface area contributed by atoms with Gasteiger partial charge >= 0.3 is 0 Å². The van der Waals surface area contributed by atoms with Gasteiger partial charge in [0.1, 0.15) is 0 Å². The monoisotopic (exact) mass is 224 g/mol. The largest absolute Gasteiger partial charge is 0.411 e. The zero-order chi connectivity index (χ0) is 11.5. The van der Waals surface area contributed by atoms with E-state index in [0.717, 1.165) is 18.7 Å². The molecule has 1 amide bonds. The fourth-order valence-corrected chi connectivity index (χ4v) is 2.47. The van der Waals surface area contributed by atoms with Crippen LogP contribution in [0.3, 0.4) is 0 Å². The van der Waals surface area contributed by atoms with Crippen LogP contribution in [0.2, 0.25) is 0 Å². The molecule has 1 atom stereocenters. The number of piperidine rings is 1. The third-order valence-electron chi connectivity index (χ3n) is 3.87. The summed E-state index contributed by atoms with van der Waals surface area (Å²) in [6, 6.07) is 0. The molecule has 0 radical (unpaired) electrons. The minimum absolute atomic E-state index is 0.198. The van der Waals surface area contributed by atoms with Crippen LogP contribution in [0, 0.1) is 11.8 Å². The van der Waals surface area contributed by atoms with Crippen LogP contribution < -0.4 is 0 Å². The number of nitrogens with zero attached hydrogens (tertiary/aromatic N) is 2. The van der Waals surface area contributed by atoms with Gasteiger partial charge in [-0.25, -0.2) is 0 Å². The van der Waals surface area contributed by atoms with E-state index in [1.807, 2.05) is 11.8 Å². The van der Waals surface area contributed by atoms with Gasteiger partial charge in [-0.1, -0.05) is 18.5 Å². The van der Waals surface area contributed by atoms with Gasteiger partial charge in [-0.3, -0.25) is 4.79 Å². The van der Waals surface area contributed by atoms with E-state index < -0.39 is 0 Å². The zero-order valence-corrected chi connectivity index (χ0v) is 9.85. The van der Waals surface area contributed by atoms with Gasteiger partial charge in [0.25, 0.3) is 0 Å². The van der Waals surface area contributed by atoms with Crippen molar-refractivity contribution in [2.45, 2.75) is 39.0 Å². The summed E-state index contributed by atoms with van der Waals surface area (Å²) in [6.07, 6.45) is 5.17. The quantitative estimate of drug-likeness (QED) is 0.575. The number of hydrogen-bond acceptors (Lipinski definition) is 3. The Bertz CT molecular complexity index is 297. The fraction of sp³-hybridized carbons (Fsp3) is 0.833. The molecular formula is C12H20N2O2. The van der Waals surface area contributed by atoms with Gasteiger partial charge in [0.05, 0.1) is 5.71 Å².